The zero-order valence-corrected chi connectivity index (χ0v) is 14.9. The van der Waals surface area contributed by atoms with E-state index in [2.05, 4.69) is 5.16 Å². The Morgan fingerprint density at radius 1 is 0.926 bits per heavy atom. The van der Waals surface area contributed by atoms with E-state index >= 15 is 0 Å². The highest BCUT2D eigenvalue weighted by Crippen LogP contribution is 2.24. The van der Waals surface area contributed by atoms with Gasteiger partial charge < -0.3 is 9.42 Å². The molecular formula is C22H20N2O3. The molecule has 0 aliphatic carbocycles. The Labute approximate surface area is 157 Å². The minimum atomic E-state index is -0.147. The van der Waals surface area contributed by atoms with E-state index in [9.17, 15) is 9.59 Å². The molecule has 1 amide bonds. The van der Waals surface area contributed by atoms with Crippen molar-refractivity contribution < 1.29 is 14.1 Å². The highest BCUT2D eigenvalue weighted by molar-refractivity contribution is 5.98. The number of carbonyl (C=O) groups is 2. The number of hydrogen-bond acceptors (Lipinski definition) is 4. The van der Waals surface area contributed by atoms with Crippen LogP contribution in [0.15, 0.2) is 71.3 Å². The number of amides is 1. The molecule has 1 aromatic heterocycles. The number of hydrogen-bond donors (Lipinski definition) is 0. The number of rotatable bonds is 4. The highest BCUT2D eigenvalue weighted by Gasteiger charge is 2.29. The summed E-state index contributed by atoms with van der Waals surface area (Å²) >= 11 is 0. The first-order valence-electron chi connectivity index (χ1n) is 9.13. The zero-order valence-electron chi connectivity index (χ0n) is 14.9. The Morgan fingerprint density at radius 3 is 2.22 bits per heavy atom. The summed E-state index contributed by atoms with van der Waals surface area (Å²) in [5.74, 6) is 0.559. The summed E-state index contributed by atoms with van der Waals surface area (Å²) in [5, 5.41) is 3.94. The Bertz CT molecular complexity index is 926. The Hall–Kier alpha value is -3.21. The molecule has 0 unspecified atom stereocenters. The van der Waals surface area contributed by atoms with Crippen LogP contribution in [0, 0.1) is 5.92 Å². The molecule has 0 N–H and O–H groups in total. The second kappa shape index (κ2) is 7.58. The van der Waals surface area contributed by atoms with Crippen molar-refractivity contribution >= 4 is 11.7 Å². The van der Waals surface area contributed by atoms with Crippen LogP contribution in [-0.4, -0.2) is 34.8 Å². The molecule has 1 aliphatic heterocycles. The predicted molar refractivity (Wildman–Crippen MR) is 101 cm³/mol. The lowest BCUT2D eigenvalue weighted by molar-refractivity contribution is 0.0642. The molecule has 4 rings (SSSR count). The summed E-state index contributed by atoms with van der Waals surface area (Å²) in [6.07, 6.45) is 1.34. The minimum absolute atomic E-state index is 0.0337. The molecule has 1 fully saturated rings. The minimum Gasteiger partial charge on any atom is -0.355 e. The van der Waals surface area contributed by atoms with Crippen molar-refractivity contribution in [1.29, 1.82) is 0 Å². The summed E-state index contributed by atoms with van der Waals surface area (Å²) in [4.78, 5) is 27.0. The molecule has 0 bridgehead atoms. The van der Waals surface area contributed by atoms with Crippen molar-refractivity contribution in [3.05, 3.63) is 78.0 Å². The van der Waals surface area contributed by atoms with Crippen LogP contribution in [0.4, 0.5) is 0 Å². The molecular weight excluding hydrogens is 340 g/mol. The number of Topliss-reactive ketones (excluding diaryl/α,β-unsaturated/α-hetero) is 1. The van der Waals surface area contributed by atoms with Crippen LogP contribution in [0.25, 0.3) is 11.3 Å². The molecule has 0 atom stereocenters. The third-order valence-corrected chi connectivity index (χ3v) is 5.00. The predicted octanol–water partition coefficient (Wildman–Crippen LogP) is 4.08. The van der Waals surface area contributed by atoms with Gasteiger partial charge in [0.25, 0.3) is 5.91 Å². The maximum absolute atomic E-state index is 12.7. The Morgan fingerprint density at radius 2 is 1.56 bits per heavy atom. The van der Waals surface area contributed by atoms with Gasteiger partial charge >= 0.3 is 0 Å². The average Bonchev–Trinajstić information content (AvgIpc) is 3.24. The van der Waals surface area contributed by atoms with Crippen LogP contribution >= 0.6 is 0 Å². The fourth-order valence-corrected chi connectivity index (χ4v) is 3.46. The molecule has 2 heterocycles. The molecule has 5 heteroatoms. The van der Waals surface area contributed by atoms with Gasteiger partial charge in [0.15, 0.2) is 17.2 Å². The van der Waals surface area contributed by atoms with Crippen LogP contribution < -0.4 is 0 Å². The van der Waals surface area contributed by atoms with Crippen molar-refractivity contribution in [2.75, 3.05) is 13.1 Å². The van der Waals surface area contributed by atoms with Crippen molar-refractivity contribution in [3.8, 4) is 11.3 Å². The fourth-order valence-electron chi connectivity index (χ4n) is 3.46. The van der Waals surface area contributed by atoms with Crippen molar-refractivity contribution in [2.24, 2.45) is 5.92 Å². The summed E-state index contributed by atoms with van der Waals surface area (Å²) in [7, 11) is 0. The number of ketones is 1. The monoisotopic (exact) mass is 360 g/mol. The van der Waals surface area contributed by atoms with Gasteiger partial charge in [-0.1, -0.05) is 65.8 Å². The summed E-state index contributed by atoms with van der Waals surface area (Å²) in [6, 6.07) is 20.6. The van der Waals surface area contributed by atoms with Crippen molar-refractivity contribution in [2.45, 2.75) is 12.8 Å². The van der Waals surface area contributed by atoms with Gasteiger partial charge in [-0.05, 0) is 12.8 Å². The third-order valence-electron chi connectivity index (χ3n) is 5.00. The van der Waals surface area contributed by atoms with Crippen LogP contribution in [0.3, 0.4) is 0 Å². The standard InChI is InChI=1S/C22H20N2O3/c25-21(17-9-5-2-6-10-17)18-11-13-24(14-12-18)22(26)19-15-20(27-23-19)16-7-3-1-4-8-16/h1-10,15,18H,11-14H2. The topological polar surface area (TPSA) is 63.4 Å². The molecule has 0 radical (unpaired) electrons. The van der Waals surface area contributed by atoms with Gasteiger partial charge in [-0.2, -0.15) is 0 Å². The van der Waals surface area contributed by atoms with E-state index in [1.54, 1.807) is 11.0 Å². The SMILES string of the molecule is O=C(c1ccccc1)C1CCN(C(=O)c2cc(-c3ccccc3)on2)CC1. The van der Waals surface area contributed by atoms with Gasteiger partial charge in [-0.25, -0.2) is 0 Å². The normalized spacial score (nSPS) is 14.9. The second-order valence-electron chi connectivity index (χ2n) is 6.74. The third kappa shape index (κ3) is 3.67. The maximum atomic E-state index is 12.7. The smallest absolute Gasteiger partial charge is 0.276 e. The van der Waals surface area contributed by atoms with Crippen LogP contribution in [0.2, 0.25) is 0 Å². The van der Waals surface area contributed by atoms with E-state index in [0.29, 0.717) is 37.4 Å². The first-order chi connectivity index (χ1) is 13.2. The van der Waals surface area contributed by atoms with Crippen molar-refractivity contribution in [1.82, 2.24) is 10.1 Å². The number of likely N-dealkylation sites (tertiary alicyclic amines) is 1. The largest absolute Gasteiger partial charge is 0.355 e. The van der Waals surface area contributed by atoms with Crippen LogP contribution in [0.1, 0.15) is 33.7 Å². The molecule has 0 spiro atoms. The van der Waals surface area contributed by atoms with Gasteiger partial charge in [-0.15, -0.1) is 0 Å². The van der Waals surface area contributed by atoms with E-state index in [0.717, 1.165) is 11.1 Å². The van der Waals surface area contributed by atoms with Crippen molar-refractivity contribution in [3.63, 3.8) is 0 Å². The zero-order chi connectivity index (χ0) is 18.6. The lowest BCUT2D eigenvalue weighted by Gasteiger charge is -2.30. The maximum Gasteiger partial charge on any atom is 0.276 e. The molecule has 136 valence electrons. The van der Waals surface area contributed by atoms with E-state index < -0.39 is 0 Å². The number of piperidine rings is 1. The first-order valence-corrected chi connectivity index (χ1v) is 9.13. The van der Waals surface area contributed by atoms with Crippen LogP contribution in [-0.2, 0) is 0 Å². The molecule has 3 aromatic rings. The molecule has 0 saturated carbocycles. The summed E-state index contributed by atoms with van der Waals surface area (Å²) in [5.41, 5.74) is 1.93. The van der Waals surface area contributed by atoms with Gasteiger partial charge in [0, 0.05) is 36.2 Å². The van der Waals surface area contributed by atoms with E-state index in [1.807, 2.05) is 60.7 Å². The molecule has 1 aliphatic rings. The lowest BCUT2D eigenvalue weighted by atomic mass is 9.89. The molecule has 5 nitrogen and oxygen atoms in total. The average molecular weight is 360 g/mol. The van der Waals surface area contributed by atoms with Gasteiger partial charge in [0.05, 0.1) is 0 Å². The molecule has 2 aromatic carbocycles. The van der Waals surface area contributed by atoms with Gasteiger partial charge in [0.1, 0.15) is 0 Å². The van der Waals surface area contributed by atoms with Crippen LogP contribution in [0.5, 0.6) is 0 Å². The summed E-state index contributed by atoms with van der Waals surface area (Å²) < 4.78 is 5.33. The fraction of sp³-hybridized carbons (Fsp3) is 0.227. The number of aromatic nitrogens is 1. The quantitative estimate of drug-likeness (QED) is 0.658. The van der Waals surface area contributed by atoms with E-state index in [-0.39, 0.29) is 17.6 Å². The Balaban J connectivity index is 1.39. The van der Waals surface area contributed by atoms with Gasteiger partial charge in [0.2, 0.25) is 0 Å². The van der Waals surface area contributed by atoms with E-state index in [4.69, 9.17) is 4.52 Å². The first kappa shape index (κ1) is 17.2. The second-order valence-corrected chi connectivity index (χ2v) is 6.74. The lowest BCUT2D eigenvalue weighted by Crippen LogP contribution is -2.40. The number of carbonyl (C=O) groups excluding carboxylic acids is 2. The number of benzene rings is 2. The molecule has 1 saturated heterocycles. The molecule has 27 heavy (non-hydrogen) atoms. The Kier molecular flexibility index (Phi) is 4.83. The highest BCUT2D eigenvalue weighted by atomic mass is 16.5. The van der Waals surface area contributed by atoms with Gasteiger partial charge in [-0.3, -0.25) is 9.59 Å². The summed E-state index contributed by atoms with van der Waals surface area (Å²) in [6.45, 7) is 1.10. The number of nitrogens with zero attached hydrogens (tertiary/aromatic N) is 2. The van der Waals surface area contributed by atoms with E-state index in [1.165, 1.54) is 0 Å².